The molecule has 0 aliphatic rings. The summed E-state index contributed by atoms with van der Waals surface area (Å²) in [6.45, 7) is 10.0. The molecule has 0 heterocycles. The zero-order valence-corrected chi connectivity index (χ0v) is 7.15. The van der Waals surface area contributed by atoms with Crippen molar-refractivity contribution < 1.29 is 0 Å². The van der Waals surface area contributed by atoms with Crippen LogP contribution in [0.4, 0.5) is 0 Å². The van der Waals surface area contributed by atoms with E-state index in [1.807, 2.05) is 12.2 Å². The minimum Gasteiger partial charge on any atom is -0.0991 e. The summed E-state index contributed by atoms with van der Waals surface area (Å²) in [7, 11) is 0. The highest BCUT2D eigenvalue weighted by atomic mass is 13.9. The number of hydrogen-bond acceptors (Lipinski definition) is 0. The minimum atomic E-state index is 1.13. The van der Waals surface area contributed by atoms with Gasteiger partial charge >= 0.3 is 0 Å². The second-order valence-corrected chi connectivity index (χ2v) is 2.49. The van der Waals surface area contributed by atoms with Gasteiger partial charge in [-0.25, -0.2) is 0 Å². The van der Waals surface area contributed by atoms with Crippen molar-refractivity contribution in [2.45, 2.75) is 27.2 Å². The van der Waals surface area contributed by atoms with Crippen molar-refractivity contribution in [3.8, 4) is 0 Å². The highest BCUT2D eigenvalue weighted by molar-refractivity contribution is 5.23. The molecule has 0 nitrogen and oxygen atoms in total. The lowest BCUT2D eigenvalue weighted by Crippen LogP contribution is -1.73. The average molecular weight is 136 g/mol. The van der Waals surface area contributed by atoms with Gasteiger partial charge in [-0.1, -0.05) is 42.9 Å². The van der Waals surface area contributed by atoms with Crippen LogP contribution in [0.5, 0.6) is 0 Å². The Morgan fingerprint density at radius 2 is 2.00 bits per heavy atom. The first kappa shape index (κ1) is 9.22. The Labute approximate surface area is 64.0 Å². The van der Waals surface area contributed by atoms with E-state index < -0.39 is 0 Å². The molecule has 0 unspecified atom stereocenters. The Hall–Kier alpha value is -0.780. The summed E-state index contributed by atoms with van der Waals surface area (Å²) in [5.41, 5.74) is 2.69. The Morgan fingerprint density at radius 3 is 2.40 bits per heavy atom. The van der Waals surface area contributed by atoms with Gasteiger partial charge in [0.05, 0.1) is 0 Å². The lowest BCUT2D eigenvalue weighted by Gasteiger charge is -1.93. The Balaban J connectivity index is 4.11. The third-order valence-corrected chi connectivity index (χ3v) is 1.41. The molecule has 0 aromatic carbocycles. The van der Waals surface area contributed by atoms with Crippen molar-refractivity contribution in [3.63, 3.8) is 0 Å². The van der Waals surface area contributed by atoms with Crippen LogP contribution in [-0.4, -0.2) is 0 Å². The second-order valence-electron chi connectivity index (χ2n) is 2.49. The summed E-state index contributed by atoms with van der Waals surface area (Å²) in [6, 6.07) is 0. The second kappa shape index (κ2) is 5.04. The quantitative estimate of drug-likeness (QED) is 0.521. The van der Waals surface area contributed by atoms with Crippen LogP contribution >= 0.6 is 0 Å². The predicted molar refractivity (Wildman–Crippen MR) is 48.0 cm³/mol. The van der Waals surface area contributed by atoms with Crippen LogP contribution in [0.15, 0.2) is 36.0 Å². The summed E-state index contributed by atoms with van der Waals surface area (Å²) >= 11 is 0. The van der Waals surface area contributed by atoms with E-state index in [9.17, 15) is 0 Å². The van der Waals surface area contributed by atoms with Gasteiger partial charge in [-0.3, -0.25) is 0 Å². The lowest BCUT2D eigenvalue weighted by atomic mass is 10.1. The monoisotopic (exact) mass is 136 g/mol. The van der Waals surface area contributed by atoms with E-state index >= 15 is 0 Å². The van der Waals surface area contributed by atoms with Crippen LogP contribution < -0.4 is 0 Å². The number of rotatable bonds is 3. The Kier molecular flexibility index (Phi) is 4.65. The summed E-state index contributed by atoms with van der Waals surface area (Å²) in [5, 5.41) is 0. The Morgan fingerprint density at radius 1 is 1.40 bits per heavy atom. The highest BCUT2D eigenvalue weighted by Crippen LogP contribution is 2.04. The first-order chi connectivity index (χ1) is 4.70. The van der Waals surface area contributed by atoms with E-state index in [2.05, 4.69) is 33.4 Å². The maximum Gasteiger partial charge on any atom is -0.0348 e. The minimum absolute atomic E-state index is 1.13. The molecule has 0 aliphatic heterocycles. The van der Waals surface area contributed by atoms with Crippen molar-refractivity contribution in [2.75, 3.05) is 0 Å². The molecule has 0 N–H and O–H groups in total. The van der Waals surface area contributed by atoms with Gasteiger partial charge < -0.3 is 0 Å². The lowest BCUT2D eigenvalue weighted by molar-refractivity contribution is 1.09. The topological polar surface area (TPSA) is 0 Å². The summed E-state index contributed by atoms with van der Waals surface area (Å²) in [5.74, 6) is 0. The molecule has 0 bridgehead atoms. The SMILES string of the molecule is C=CC=C(C)C=C(C)CC. The third kappa shape index (κ3) is 4.13. The van der Waals surface area contributed by atoms with Gasteiger partial charge in [-0.15, -0.1) is 0 Å². The van der Waals surface area contributed by atoms with Crippen LogP contribution in [0.2, 0.25) is 0 Å². The molecule has 0 rings (SSSR count). The van der Waals surface area contributed by atoms with E-state index in [4.69, 9.17) is 0 Å². The highest BCUT2D eigenvalue weighted by Gasteiger charge is 1.83. The van der Waals surface area contributed by atoms with E-state index in [-0.39, 0.29) is 0 Å². The molecule has 0 amide bonds. The Bertz CT molecular complexity index is 159. The fourth-order valence-electron chi connectivity index (χ4n) is 0.725. The molecule has 0 radical (unpaired) electrons. The third-order valence-electron chi connectivity index (χ3n) is 1.41. The zero-order chi connectivity index (χ0) is 7.98. The van der Waals surface area contributed by atoms with Gasteiger partial charge in [0, 0.05) is 0 Å². The van der Waals surface area contributed by atoms with E-state index in [0.29, 0.717) is 0 Å². The standard InChI is InChI=1S/C10H16/c1-5-7-10(4)8-9(3)6-2/h5,7-8H,1,6H2,2-4H3. The molecule has 0 fully saturated rings. The molecule has 0 spiro atoms. The van der Waals surface area contributed by atoms with Gasteiger partial charge in [-0.05, 0) is 20.3 Å². The van der Waals surface area contributed by atoms with Gasteiger partial charge in [0.2, 0.25) is 0 Å². The molecule has 10 heavy (non-hydrogen) atoms. The molecular formula is C10H16. The molecular weight excluding hydrogens is 120 g/mol. The molecule has 0 saturated carbocycles. The summed E-state index contributed by atoms with van der Waals surface area (Å²) in [4.78, 5) is 0. The molecule has 0 aromatic heterocycles. The molecule has 0 atom stereocenters. The molecule has 0 aromatic rings. The first-order valence-corrected chi connectivity index (χ1v) is 3.67. The first-order valence-electron chi connectivity index (χ1n) is 3.67. The van der Waals surface area contributed by atoms with Gasteiger partial charge in [0.1, 0.15) is 0 Å². The fourth-order valence-corrected chi connectivity index (χ4v) is 0.725. The smallest absolute Gasteiger partial charge is 0.0348 e. The number of hydrogen-bond donors (Lipinski definition) is 0. The summed E-state index contributed by atoms with van der Waals surface area (Å²) in [6.07, 6.45) is 7.14. The predicted octanol–water partition coefficient (Wildman–Crippen LogP) is 3.48. The molecule has 56 valence electrons. The van der Waals surface area contributed by atoms with E-state index in [1.165, 1.54) is 11.1 Å². The van der Waals surface area contributed by atoms with E-state index in [1.54, 1.807) is 0 Å². The molecule has 0 saturated heterocycles. The van der Waals surface area contributed by atoms with Crippen LogP contribution in [0.25, 0.3) is 0 Å². The van der Waals surface area contributed by atoms with Crippen molar-refractivity contribution in [1.82, 2.24) is 0 Å². The van der Waals surface area contributed by atoms with E-state index in [0.717, 1.165) is 6.42 Å². The number of allylic oxidation sites excluding steroid dienone is 5. The largest absolute Gasteiger partial charge is 0.0991 e. The normalized spacial score (nSPS) is 13.5. The zero-order valence-electron chi connectivity index (χ0n) is 7.15. The maximum atomic E-state index is 3.63. The van der Waals surface area contributed by atoms with Crippen LogP contribution in [0.3, 0.4) is 0 Å². The average Bonchev–Trinajstić information content (AvgIpc) is 1.88. The van der Waals surface area contributed by atoms with Crippen LogP contribution in [-0.2, 0) is 0 Å². The summed E-state index contributed by atoms with van der Waals surface area (Å²) < 4.78 is 0. The van der Waals surface area contributed by atoms with Crippen LogP contribution in [0.1, 0.15) is 27.2 Å². The maximum absolute atomic E-state index is 3.63. The van der Waals surface area contributed by atoms with Gasteiger partial charge in [0.15, 0.2) is 0 Å². The van der Waals surface area contributed by atoms with Crippen molar-refractivity contribution in [3.05, 3.63) is 36.0 Å². The van der Waals surface area contributed by atoms with Gasteiger partial charge in [-0.2, -0.15) is 0 Å². The van der Waals surface area contributed by atoms with Crippen molar-refractivity contribution in [1.29, 1.82) is 0 Å². The molecule has 0 aliphatic carbocycles. The van der Waals surface area contributed by atoms with Crippen molar-refractivity contribution >= 4 is 0 Å². The fraction of sp³-hybridized carbons (Fsp3) is 0.400. The van der Waals surface area contributed by atoms with Crippen molar-refractivity contribution in [2.24, 2.45) is 0 Å². The van der Waals surface area contributed by atoms with Gasteiger partial charge in [0.25, 0.3) is 0 Å². The van der Waals surface area contributed by atoms with Crippen LogP contribution in [0, 0.1) is 0 Å². The molecule has 0 heteroatoms.